The lowest BCUT2D eigenvalue weighted by Gasteiger charge is -2.08. The quantitative estimate of drug-likeness (QED) is 0.514. The number of hydrogen-bond donors (Lipinski definition) is 3. The standard InChI is InChI=1S/C11H15NO3/c1-3-12-6-10(14)8-4-5-9(13)11(15)7(8)2/h4-5,12-13,15H,3,6H2,1-2H3. The molecule has 1 aromatic carbocycles. The molecular formula is C11H15NO3. The zero-order valence-electron chi connectivity index (χ0n) is 8.87. The molecule has 0 saturated carbocycles. The Morgan fingerprint density at radius 1 is 1.40 bits per heavy atom. The lowest BCUT2D eigenvalue weighted by Crippen LogP contribution is -2.23. The number of phenols is 2. The van der Waals surface area contributed by atoms with Crippen LogP contribution in [0.15, 0.2) is 12.1 Å². The number of carbonyl (C=O) groups is 1. The molecule has 4 heteroatoms. The van der Waals surface area contributed by atoms with Crippen LogP contribution in [0.1, 0.15) is 22.8 Å². The van der Waals surface area contributed by atoms with Gasteiger partial charge in [-0.25, -0.2) is 0 Å². The SMILES string of the molecule is CCNCC(=O)c1ccc(O)c(O)c1C. The molecule has 1 rings (SSSR count). The Labute approximate surface area is 88.6 Å². The number of carbonyl (C=O) groups excluding carboxylic acids is 1. The molecule has 0 aliphatic carbocycles. The van der Waals surface area contributed by atoms with Crippen molar-refractivity contribution < 1.29 is 15.0 Å². The molecule has 0 unspecified atom stereocenters. The number of rotatable bonds is 4. The maximum absolute atomic E-state index is 11.6. The number of nitrogens with one attached hydrogen (secondary N) is 1. The number of ketones is 1. The molecule has 4 nitrogen and oxygen atoms in total. The fourth-order valence-electron chi connectivity index (χ4n) is 1.32. The van der Waals surface area contributed by atoms with Crippen LogP contribution in [0.4, 0.5) is 0 Å². The summed E-state index contributed by atoms with van der Waals surface area (Å²) in [6, 6.07) is 2.84. The largest absolute Gasteiger partial charge is 0.504 e. The molecular weight excluding hydrogens is 194 g/mol. The van der Waals surface area contributed by atoms with Crippen molar-refractivity contribution in [1.82, 2.24) is 5.32 Å². The van der Waals surface area contributed by atoms with Crippen molar-refractivity contribution in [3.63, 3.8) is 0 Å². The highest BCUT2D eigenvalue weighted by Crippen LogP contribution is 2.30. The van der Waals surface area contributed by atoms with Crippen LogP contribution in [0.5, 0.6) is 11.5 Å². The Morgan fingerprint density at radius 2 is 2.07 bits per heavy atom. The highest BCUT2D eigenvalue weighted by atomic mass is 16.3. The first-order valence-corrected chi connectivity index (χ1v) is 4.83. The minimum atomic E-state index is -0.225. The molecule has 0 spiro atoms. The maximum atomic E-state index is 11.6. The fourth-order valence-corrected chi connectivity index (χ4v) is 1.32. The van der Waals surface area contributed by atoms with Crippen molar-refractivity contribution >= 4 is 5.78 Å². The van der Waals surface area contributed by atoms with Crippen LogP contribution in [0.3, 0.4) is 0 Å². The molecule has 0 radical (unpaired) electrons. The van der Waals surface area contributed by atoms with Crippen molar-refractivity contribution in [2.24, 2.45) is 0 Å². The zero-order chi connectivity index (χ0) is 11.4. The third-order valence-corrected chi connectivity index (χ3v) is 2.25. The van der Waals surface area contributed by atoms with Crippen LogP contribution in [-0.4, -0.2) is 29.1 Å². The average molecular weight is 209 g/mol. The summed E-state index contributed by atoms with van der Waals surface area (Å²) in [4.78, 5) is 11.6. The van der Waals surface area contributed by atoms with E-state index in [0.29, 0.717) is 11.1 Å². The van der Waals surface area contributed by atoms with Crippen molar-refractivity contribution in [2.45, 2.75) is 13.8 Å². The Morgan fingerprint density at radius 3 is 2.67 bits per heavy atom. The van der Waals surface area contributed by atoms with Crippen LogP contribution < -0.4 is 5.32 Å². The average Bonchev–Trinajstić information content (AvgIpc) is 2.23. The monoisotopic (exact) mass is 209 g/mol. The summed E-state index contributed by atoms with van der Waals surface area (Å²) in [6.45, 7) is 4.47. The van der Waals surface area contributed by atoms with E-state index in [-0.39, 0.29) is 23.8 Å². The van der Waals surface area contributed by atoms with Gasteiger partial charge in [0.2, 0.25) is 0 Å². The van der Waals surface area contributed by atoms with Crippen molar-refractivity contribution in [3.8, 4) is 11.5 Å². The van der Waals surface area contributed by atoms with Gasteiger partial charge < -0.3 is 15.5 Å². The molecule has 1 aromatic rings. The first-order valence-electron chi connectivity index (χ1n) is 4.83. The second kappa shape index (κ2) is 4.79. The molecule has 0 aliphatic rings. The van der Waals surface area contributed by atoms with Gasteiger partial charge >= 0.3 is 0 Å². The van der Waals surface area contributed by atoms with Gasteiger partial charge in [0.25, 0.3) is 0 Å². The maximum Gasteiger partial charge on any atom is 0.177 e. The predicted octanol–water partition coefficient (Wildman–Crippen LogP) is 1.20. The molecule has 0 saturated heterocycles. The Kier molecular flexibility index (Phi) is 3.68. The predicted molar refractivity (Wildman–Crippen MR) is 57.4 cm³/mol. The van der Waals surface area contributed by atoms with Gasteiger partial charge in [0.15, 0.2) is 17.3 Å². The van der Waals surface area contributed by atoms with Gasteiger partial charge in [0.1, 0.15) is 0 Å². The summed E-state index contributed by atoms with van der Waals surface area (Å²) >= 11 is 0. The van der Waals surface area contributed by atoms with Gasteiger partial charge in [-0.2, -0.15) is 0 Å². The van der Waals surface area contributed by atoms with E-state index in [9.17, 15) is 15.0 Å². The molecule has 0 atom stereocenters. The fraction of sp³-hybridized carbons (Fsp3) is 0.364. The van der Waals surface area contributed by atoms with E-state index >= 15 is 0 Å². The number of aromatic hydroxyl groups is 2. The number of Topliss-reactive ketones (excluding diaryl/α,β-unsaturated/α-hetero) is 1. The van der Waals surface area contributed by atoms with E-state index in [1.165, 1.54) is 12.1 Å². The summed E-state index contributed by atoms with van der Waals surface area (Å²) in [6.07, 6.45) is 0. The van der Waals surface area contributed by atoms with Crippen LogP contribution in [0.2, 0.25) is 0 Å². The van der Waals surface area contributed by atoms with Crippen LogP contribution in [-0.2, 0) is 0 Å². The third-order valence-electron chi connectivity index (χ3n) is 2.25. The molecule has 0 aliphatic heterocycles. The highest BCUT2D eigenvalue weighted by Gasteiger charge is 2.13. The molecule has 15 heavy (non-hydrogen) atoms. The second-order valence-electron chi connectivity index (χ2n) is 3.31. The number of benzene rings is 1. The second-order valence-corrected chi connectivity index (χ2v) is 3.31. The van der Waals surface area contributed by atoms with Gasteiger partial charge in [-0.1, -0.05) is 6.92 Å². The first-order chi connectivity index (χ1) is 7.07. The Balaban J connectivity index is 2.95. The normalized spacial score (nSPS) is 10.3. The lowest BCUT2D eigenvalue weighted by atomic mass is 10.0. The van der Waals surface area contributed by atoms with E-state index in [0.717, 1.165) is 6.54 Å². The summed E-state index contributed by atoms with van der Waals surface area (Å²) < 4.78 is 0. The third kappa shape index (κ3) is 2.47. The first kappa shape index (κ1) is 11.5. The smallest absolute Gasteiger partial charge is 0.177 e. The van der Waals surface area contributed by atoms with Gasteiger partial charge in [-0.3, -0.25) is 4.79 Å². The van der Waals surface area contributed by atoms with Gasteiger partial charge in [-0.15, -0.1) is 0 Å². The summed E-state index contributed by atoms with van der Waals surface area (Å²) in [5.74, 6) is -0.519. The van der Waals surface area contributed by atoms with E-state index < -0.39 is 0 Å². The lowest BCUT2D eigenvalue weighted by molar-refractivity contribution is 0.0990. The highest BCUT2D eigenvalue weighted by molar-refractivity contribution is 5.99. The van der Waals surface area contributed by atoms with Crippen LogP contribution in [0, 0.1) is 6.92 Å². The summed E-state index contributed by atoms with van der Waals surface area (Å²) in [5, 5.41) is 21.6. The number of likely N-dealkylation sites (N-methyl/N-ethyl adjacent to an activating group) is 1. The van der Waals surface area contributed by atoms with E-state index in [1.54, 1.807) is 6.92 Å². The molecule has 0 amide bonds. The van der Waals surface area contributed by atoms with E-state index in [2.05, 4.69) is 5.32 Å². The molecule has 0 aromatic heterocycles. The minimum absolute atomic E-state index is 0.0929. The van der Waals surface area contributed by atoms with E-state index in [4.69, 9.17) is 0 Å². The summed E-state index contributed by atoms with van der Waals surface area (Å²) in [5.41, 5.74) is 0.851. The molecule has 82 valence electrons. The van der Waals surface area contributed by atoms with Gasteiger partial charge in [0, 0.05) is 11.1 Å². The molecule has 0 bridgehead atoms. The van der Waals surface area contributed by atoms with E-state index in [1.807, 2.05) is 6.92 Å². The zero-order valence-corrected chi connectivity index (χ0v) is 8.87. The minimum Gasteiger partial charge on any atom is -0.504 e. The van der Waals surface area contributed by atoms with Crippen molar-refractivity contribution in [1.29, 1.82) is 0 Å². The topological polar surface area (TPSA) is 69.6 Å². The molecule has 3 N–H and O–H groups in total. The Bertz CT molecular complexity index is 374. The number of phenolic OH excluding ortho intramolecular Hbond substituents is 2. The van der Waals surface area contributed by atoms with Crippen molar-refractivity contribution in [2.75, 3.05) is 13.1 Å². The Hall–Kier alpha value is -1.55. The van der Waals surface area contributed by atoms with Gasteiger partial charge in [0.05, 0.1) is 6.54 Å². The summed E-state index contributed by atoms with van der Waals surface area (Å²) in [7, 11) is 0. The van der Waals surface area contributed by atoms with Crippen molar-refractivity contribution in [3.05, 3.63) is 23.3 Å². The number of hydrogen-bond acceptors (Lipinski definition) is 4. The molecule has 0 heterocycles. The van der Waals surface area contributed by atoms with Crippen LogP contribution >= 0.6 is 0 Å². The van der Waals surface area contributed by atoms with Gasteiger partial charge in [-0.05, 0) is 25.6 Å². The molecule has 0 fully saturated rings. The van der Waals surface area contributed by atoms with Crippen LogP contribution in [0.25, 0.3) is 0 Å².